The van der Waals surface area contributed by atoms with E-state index in [9.17, 15) is 4.79 Å². The van der Waals surface area contributed by atoms with Gasteiger partial charge in [-0.3, -0.25) is 4.79 Å². The fraction of sp³-hybridized carbons (Fsp3) is 0.353. The van der Waals surface area contributed by atoms with E-state index in [0.29, 0.717) is 26.1 Å². The van der Waals surface area contributed by atoms with Crippen LogP contribution in [-0.4, -0.2) is 31.1 Å². The standard InChI is InChI=1S/C17H21NO3/c1-14-5-7-15(8-6-14)12-17(19)18(9-11-20-2)13-16-4-3-10-21-16/h3-8,10H,9,11-13H2,1-2H3. The molecule has 0 aliphatic heterocycles. The van der Waals surface area contributed by atoms with Crippen LogP contribution in [0.1, 0.15) is 16.9 Å². The number of rotatable bonds is 7. The van der Waals surface area contributed by atoms with Gasteiger partial charge in [-0.05, 0) is 24.6 Å². The zero-order valence-electron chi connectivity index (χ0n) is 12.5. The third-order valence-electron chi connectivity index (χ3n) is 3.32. The first kappa shape index (κ1) is 15.3. The molecule has 21 heavy (non-hydrogen) atoms. The highest BCUT2D eigenvalue weighted by Crippen LogP contribution is 2.10. The summed E-state index contributed by atoms with van der Waals surface area (Å²) in [6.07, 6.45) is 2.01. The van der Waals surface area contributed by atoms with E-state index in [1.54, 1.807) is 18.3 Å². The summed E-state index contributed by atoms with van der Waals surface area (Å²) < 4.78 is 10.4. The highest BCUT2D eigenvalue weighted by atomic mass is 16.5. The number of carbonyl (C=O) groups is 1. The summed E-state index contributed by atoms with van der Waals surface area (Å²) in [7, 11) is 1.63. The lowest BCUT2D eigenvalue weighted by molar-refractivity contribution is -0.132. The SMILES string of the molecule is COCCN(Cc1ccco1)C(=O)Cc1ccc(C)cc1. The molecule has 0 bridgehead atoms. The summed E-state index contributed by atoms with van der Waals surface area (Å²) in [5.74, 6) is 0.857. The van der Waals surface area contributed by atoms with Gasteiger partial charge in [-0.25, -0.2) is 0 Å². The number of methoxy groups -OCH3 is 1. The molecule has 4 heteroatoms. The van der Waals surface area contributed by atoms with Gasteiger partial charge < -0.3 is 14.1 Å². The van der Waals surface area contributed by atoms with Gasteiger partial charge in [-0.2, -0.15) is 0 Å². The van der Waals surface area contributed by atoms with E-state index in [0.717, 1.165) is 11.3 Å². The Morgan fingerprint density at radius 2 is 2.00 bits per heavy atom. The Balaban J connectivity index is 2.00. The maximum atomic E-state index is 12.5. The van der Waals surface area contributed by atoms with Crippen LogP contribution in [0, 0.1) is 6.92 Å². The molecular formula is C17H21NO3. The molecule has 1 amide bonds. The second-order valence-corrected chi connectivity index (χ2v) is 5.05. The van der Waals surface area contributed by atoms with Crippen molar-refractivity contribution in [2.75, 3.05) is 20.3 Å². The molecule has 2 aromatic rings. The van der Waals surface area contributed by atoms with E-state index < -0.39 is 0 Å². The zero-order chi connectivity index (χ0) is 15.1. The van der Waals surface area contributed by atoms with Crippen LogP contribution in [0.4, 0.5) is 0 Å². The maximum absolute atomic E-state index is 12.5. The van der Waals surface area contributed by atoms with E-state index in [-0.39, 0.29) is 5.91 Å². The summed E-state index contributed by atoms with van der Waals surface area (Å²) in [5, 5.41) is 0. The van der Waals surface area contributed by atoms with E-state index in [2.05, 4.69) is 0 Å². The zero-order valence-corrected chi connectivity index (χ0v) is 12.5. The lowest BCUT2D eigenvalue weighted by Gasteiger charge is -2.21. The molecule has 0 radical (unpaired) electrons. The lowest BCUT2D eigenvalue weighted by atomic mass is 10.1. The Bertz CT molecular complexity index is 546. The fourth-order valence-corrected chi connectivity index (χ4v) is 2.08. The van der Waals surface area contributed by atoms with Gasteiger partial charge in [0.2, 0.25) is 5.91 Å². The number of carbonyl (C=O) groups excluding carboxylic acids is 1. The number of ether oxygens (including phenoxy) is 1. The summed E-state index contributed by atoms with van der Waals surface area (Å²) in [6, 6.07) is 11.7. The molecule has 0 saturated heterocycles. The predicted molar refractivity (Wildman–Crippen MR) is 80.9 cm³/mol. The Morgan fingerprint density at radius 3 is 2.62 bits per heavy atom. The predicted octanol–water partition coefficient (Wildman–Crippen LogP) is 2.81. The normalized spacial score (nSPS) is 10.6. The van der Waals surface area contributed by atoms with E-state index >= 15 is 0 Å². The molecule has 4 nitrogen and oxygen atoms in total. The van der Waals surface area contributed by atoms with Crippen LogP contribution in [-0.2, 0) is 22.5 Å². The second-order valence-electron chi connectivity index (χ2n) is 5.05. The van der Waals surface area contributed by atoms with Gasteiger partial charge in [-0.1, -0.05) is 29.8 Å². The molecule has 0 aliphatic rings. The van der Waals surface area contributed by atoms with Crippen LogP contribution < -0.4 is 0 Å². The van der Waals surface area contributed by atoms with Crippen LogP contribution in [0.3, 0.4) is 0 Å². The third kappa shape index (κ3) is 4.76. The van der Waals surface area contributed by atoms with Crippen molar-refractivity contribution in [3.05, 3.63) is 59.5 Å². The molecule has 0 N–H and O–H groups in total. The van der Waals surface area contributed by atoms with Crippen molar-refractivity contribution in [3.8, 4) is 0 Å². The van der Waals surface area contributed by atoms with Crippen molar-refractivity contribution in [2.24, 2.45) is 0 Å². The van der Waals surface area contributed by atoms with Crippen molar-refractivity contribution in [1.82, 2.24) is 4.90 Å². The van der Waals surface area contributed by atoms with Gasteiger partial charge >= 0.3 is 0 Å². The van der Waals surface area contributed by atoms with Gasteiger partial charge in [0.25, 0.3) is 0 Å². The van der Waals surface area contributed by atoms with Crippen molar-refractivity contribution in [2.45, 2.75) is 19.9 Å². The van der Waals surface area contributed by atoms with Crippen LogP contribution in [0.5, 0.6) is 0 Å². The van der Waals surface area contributed by atoms with Crippen molar-refractivity contribution in [1.29, 1.82) is 0 Å². The monoisotopic (exact) mass is 287 g/mol. The molecule has 0 atom stereocenters. The molecular weight excluding hydrogens is 266 g/mol. The first-order valence-electron chi connectivity index (χ1n) is 7.03. The number of nitrogens with zero attached hydrogens (tertiary/aromatic N) is 1. The Kier molecular flexibility index (Phi) is 5.58. The fourth-order valence-electron chi connectivity index (χ4n) is 2.08. The molecule has 0 saturated carbocycles. The average molecular weight is 287 g/mol. The Labute approximate surface area is 125 Å². The van der Waals surface area contributed by atoms with Crippen molar-refractivity contribution >= 4 is 5.91 Å². The highest BCUT2D eigenvalue weighted by molar-refractivity contribution is 5.78. The maximum Gasteiger partial charge on any atom is 0.227 e. The van der Waals surface area contributed by atoms with Gasteiger partial charge in [0.15, 0.2) is 0 Å². The van der Waals surface area contributed by atoms with E-state index in [1.165, 1.54) is 5.56 Å². The molecule has 2 rings (SSSR count). The minimum absolute atomic E-state index is 0.0762. The van der Waals surface area contributed by atoms with Crippen LogP contribution in [0.25, 0.3) is 0 Å². The molecule has 1 aromatic heterocycles. The van der Waals surface area contributed by atoms with Gasteiger partial charge in [0.05, 0.1) is 25.8 Å². The minimum atomic E-state index is 0.0762. The van der Waals surface area contributed by atoms with Crippen LogP contribution in [0.15, 0.2) is 47.1 Å². The summed E-state index contributed by atoms with van der Waals surface area (Å²) >= 11 is 0. The topological polar surface area (TPSA) is 42.7 Å². The van der Waals surface area contributed by atoms with Gasteiger partial charge in [0.1, 0.15) is 5.76 Å². The number of hydrogen-bond donors (Lipinski definition) is 0. The van der Waals surface area contributed by atoms with Gasteiger partial charge in [0, 0.05) is 13.7 Å². The number of benzene rings is 1. The molecule has 1 heterocycles. The van der Waals surface area contributed by atoms with E-state index in [4.69, 9.17) is 9.15 Å². The summed E-state index contributed by atoms with van der Waals surface area (Å²) in [5.41, 5.74) is 2.21. The molecule has 112 valence electrons. The number of hydrogen-bond acceptors (Lipinski definition) is 3. The third-order valence-corrected chi connectivity index (χ3v) is 3.32. The molecule has 0 spiro atoms. The van der Waals surface area contributed by atoms with E-state index in [1.807, 2.05) is 43.3 Å². The summed E-state index contributed by atoms with van der Waals surface area (Å²) in [4.78, 5) is 14.2. The quantitative estimate of drug-likeness (QED) is 0.786. The van der Waals surface area contributed by atoms with Crippen LogP contribution >= 0.6 is 0 Å². The largest absolute Gasteiger partial charge is 0.467 e. The molecule has 0 fully saturated rings. The lowest BCUT2D eigenvalue weighted by Crippen LogP contribution is -2.34. The first-order valence-corrected chi connectivity index (χ1v) is 7.03. The molecule has 0 unspecified atom stereocenters. The first-order chi connectivity index (χ1) is 10.2. The Morgan fingerprint density at radius 1 is 1.24 bits per heavy atom. The minimum Gasteiger partial charge on any atom is -0.467 e. The number of furan rings is 1. The molecule has 1 aromatic carbocycles. The average Bonchev–Trinajstić information content (AvgIpc) is 2.98. The van der Waals surface area contributed by atoms with Gasteiger partial charge in [-0.15, -0.1) is 0 Å². The highest BCUT2D eigenvalue weighted by Gasteiger charge is 2.15. The smallest absolute Gasteiger partial charge is 0.227 e. The van der Waals surface area contributed by atoms with Crippen LogP contribution in [0.2, 0.25) is 0 Å². The van der Waals surface area contributed by atoms with Crippen molar-refractivity contribution in [3.63, 3.8) is 0 Å². The molecule has 0 aliphatic carbocycles. The summed E-state index contributed by atoms with van der Waals surface area (Å²) in [6.45, 7) is 3.58. The second kappa shape index (κ2) is 7.64. The number of amides is 1. The number of aryl methyl sites for hydroxylation is 1. The van der Waals surface area contributed by atoms with Crippen molar-refractivity contribution < 1.29 is 13.9 Å². The Hall–Kier alpha value is -2.07.